The van der Waals surface area contributed by atoms with Crippen LogP contribution in [0.15, 0.2) is 29.2 Å². The largest absolute Gasteiger partial charge is 0.444 e. The second kappa shape index (κ2) is 10.7. The number of hydrogen-bond acceptors (Lipinski definition) is 5. The number of carbonyl (C=O) groups is 2. The highest BCUT2D eigenvalue weighted by molar-refractivity contribution is 7.89. The summed E-state index contributed by atoms with van der Waals surface area (Å²) in [5.74, 6) is -0.233. The molecule has 0 aliphatic carbocycles. The van der Waals surface area contributed by atoms with Crippen molar-refractivity contribution in [2.45, 2.75) is 83.4 Å². The highest BCUT2D eigenvalue weighted by Gasteiger charge is 2.35. The lowest BCUT2D eigenvalue weighted by Gasteiger charge is -2.36. The summed E-state index contributed by atoms with van der Waals surface area (Å²) in [5, 5.41) is 2.97. The van der Waals surface area contributed by atoms with Crippen LogP contribution in [-0.2, 0) is 19.6 Å². The number of likely N-dealkylation sites (tertiary alicyclic amines) is 1. The van der Waals surface area contributed by atoms with Crippen molar-refractivity contribution in [3.05, 3.63) is 29.8 Å². The van der Waals surface area contributed by atoms with Gasteiger partial charge in [0.05, 0.1) is 10.9 Å². The summed E-state index contributed by atoms with van der Waals surface area (Å²) in [4.78, 5) is 27.3. The first-order valence-corrected chi connectivity index (χ1v) is 12.7. The first-order valence-electron chi connectivity index (χ1n) is 11.3. The second-order valence-electron chi connectivity index (χ2n) is 9.07. The van der Waals surface area contributed by atoms with E-state index in [1.807, 2.05) is 6.92 Å². The van der Waals surface area contributed by atoms with Crippen molar-refractivity contribution >= 4 is 22.0 Å². The van der Waals surface area contributed by atoms with Gasteiger partial charge < -0.3 is 10.1 Å². The van der Waals surface area contributed by atoms with E-state index >= 15 is 0 Å². The van der Waals surface area contributed by atoms with Crippen LogP contribution in [-0.4, -0.2) is 60.9 Å². The Balaban J connectivity index is 2.10. The van der Waals surface area contributed by atoms with E-state index in [2.05, 4.69) is 5.32 Å². The molecule has 0 bridgehead atoms. The molecule has 8 nitrogen and oxygen atoms in total. The molecule has 0 radical (unpaired) electrons. The third kappa shape index (κ3) is 6.45. The fraction of sp³-hybridized carbons (Fsp3) is 0.652. The lowest BCUT2D eigenvalue weighted by Crippen LogP contribution is -2.53. The summed E-state index contributed by atoms with van der Waals surface area (Å²) in [5.41, 5.74) is 0.159. The van der Waals surface area contributed by atoms with Crippen LogP contribution in [0.2, 0.25) is 0 Å². The molecule has 9 heteroatoms. The van der Waals surface area contributed by atoms with Gasteiger partial charge in [0.15, 0.2) is 0 Å². The van der Waals surface area contributed by atoms with Crippen molar-refractivity contribution < 1.29 is 22.7 Å². The summed E-state index contributed by atoms with van der Waals surface area (Å²) >= 11 is 0. The molecule has 2 atom stereocenters. The molecular formula is C23H37N3O5S. The minimum absolute atomic E-state index is 0.229. The number of carbonyl (C=O) groups excluding carboxylic acids is 2. The summed E-state index contributed by atoms with van der Waals surface area (Å²) in [6, 6.07) is 5.65. The second-order valence-corrected chi connectivity index (χ2v) is 11.0. The summed E-state index contributed by atoms with van der Waals surface area (Å²) in [7, 11) is -3.53. The van der Waals surface area contributed by atoms with E-state index in [4.69, 9.17) is 4.74 Å². The molecule has 1 aliphatic heterocycles. The molecule has 0 saturated carbocycles. The molecular weight excluding hydrogens is 430 g/mol. The normalized spacial score (nSPS) is 18.3. The Kier molecular flexibility index (Phi) is 8.70. The van der Waals surface area contributed by atoms with Crippen molar-refractivity contribution in [2.24, 2.45) is 0 Å². The zero-order valence-corrected chi connectivity index (χ0v) is 20.9. The van der Waals surface area contributed by atoms with Crippen molar-refractivity contribution in [1.29, 1.82) is 0 Å². The van der Waals surface area contributed by atoms with E-state index in [0.717, 1.165) is 18.4 Å². The lowest BCUT2D eigenvalue weighted by molar-refractivity contribution is -0.128. The van der Waals surface area contributed by atoms with Gasteiger partial charge in [0.1, 0.15) is 11.6 Å². The Morgan fingerprint density at radius 2 is 1.75 bits per heavy atom. The first-order chi connectivity index (χ1) is 14.9. The van der Waals surface area contributed by atoms with E-state index in [0.29, 0.717) is 26.1 Å². The predicted octanol–water partition coefficient (Wildman–Crippen LogP) is 3.68. The van der Waals surface area contributed by atoms with Gasteiger partial charge in [0.25, 0.3) is 0 Å². The van der Waals surface area contributed by atoms with Crippen molar-refractivity contribution in [1.82, 2.24) is 14.5 Å². The average Bonchev–Trinajstić information content (AvgIpc) is 2.73. The van der Waals surface area contributed by atoms with E-state index in [-0.39, 0.29) is 16.8 Å². The molecule has 1 aromatic rings. The van der Waals surface area contributed by atoms with E-state index in [1.165, 1.54) is 9.21 Å². The van der Waals surface area contributed by atoms with Crippen LogP contribution in [0.4, 0.5) is 4.79 Å². The number of ether oxygens (including phenoxy) is 1. The third-order valence-electron chi connectivity index (χ3n) is 5.52. The predicted molar refractivity (Wildman–Crippen MR) is 124 cm³/mol. The van der Waals surface area contributed by atoms with Crippen LogP contribution in [0.25, 0.3) is 0 Å². The van der Waals surface area contributed by atoms with Crippen LogP contribution in [0.5, 0.6) is 0 Å². The van der Waals surface area contributed by atoms with Crippen molar-refractivity contribution in [3.63, 3.8) is 0 Å². The van der Waals surface area contributed by atoms with E-state index in [1.54, 1.807) is 58.9 Å². The summed E-state index contributed by atoms with van der Waals surface area (Å²) in [6.07, 6.45) is 1.81. The smallest absolute Gasteiger partial charge is 0.410 e. The van der Waals surface area contributed by atoms with Crippen LogP contribution >= 0.6 is 0 Å². The van der Waals surface area contributed by atoms with E-state index < -0.39 is 27.8 Å². The zero-order chi connectivity index (χ0) is 24.1. The monoisotopic (exact) mass is 467 g/mol. The van der Waals surface area contributed by atoms with Gasteiger partial charge in [0.2, 0.25) is 15.9 Å². The van der Waals surface area contributed by atoms with Crippen LogP contribution in [0, 0.1) is 0 Å². The number of piperidine rings is 1. The van der Waals surface area contributed by atoms with Crippen LogP contribution in [0.3, 0.4) is 0 Å². The van der Waals surface area contributed by atoms with Gasteiger partial charge in [-0.1, -0.05) is 26.0 Å². The van der Waals surface area contributed by atoms with Gasteiger partial charge in [-0.15, -0.1) is 0 Å². The first kappa shape index (κ1) is 26.1. The summed E-state index contributed by atoms with van der Waals surface area (Å²) in [6.45, 7) is 12.1. The Morgan fingerprint density at radius 3 is 2.28 bits per heavy atom. The van der Waals surface area contributed by atoms with Gasteiger partial charge in [-0.05, 0) is 64.7 Å². The molecule has 2 amide bonds. The number of rotatable bonds is 7. The van der Waals surface area contributed by atoms with Gasteiger partial charge in [0, 0.05) is 19.6 Å². The number of amides is 2. The Morgan fingerprint density at radius 1 is 1.16 bits per heavy atom. The topological polar surface area (TPSA) is 96.0 Å². The number of benzene rings is 1. The van der Waals surface area contributed by atoms with Crippen molar-refractivity contribution in [2.75, 3.05) is 19.6 Å². The Hall–Kier alpha value is -2.13. The fourth-order valence-electron chi connectivity index (χ4n) is 3.78. The molecule has 32 heavy (non-hydrogen) atoms. The van der Waals surface area contributed by atoms with E-state index in [9.17, 15) is 18.0 Å². The minimum atomic E-state index is -3.53. The summed E-state index contributed by atoms with van der Waals surface area (Å²) < 4.78 is 32.2. The highest BCUT2D eigenvalue weighted by Crippen LogP contribution is 2.23. The standard InChI is InChI=1S/C23H37N3O5S/c1-7-25(8-2)32(29,30)19-14-12-18(13-15-19)17(3)24-21(27)20-11-9-10-16-26(20)22(28)31-23(4,5)6/h12-15,17,20H,7-11,16H2,1-6H3,(H,24,27). The number of sulfonamides is 1. The SMILES string of the molecule is CCN(CC)S(=O)(=O)c1ccc(C(C)NC(=O)C2CCCCN2C(=O)OC(C)(C)C)cc1. The van der Waals surface area contributed by atoms with Gasteiger partial charge >= 0.3 is 6.09 Å². The molecule has 1 saturated heterocycles. The van der Waals surface area contributed by atoms with Crippen molar-refractivity contribution in [3.8, 4) is 0 Å². The number of nitrogens with one attached hydrogen (secondary N) is 1. The molecule has 0 aromatic heterocycles. The maximum atomic E-state index is 13.0. The lowest BCUT2D eigenvalue weighted by atomic mass is 10.0. The van der Waals surface area contributed by atoms with Gasteiger partial charge in [-0.2, -0.15) is 4.31 Å². The molecule has 1 fully saturated rings. The van der Waals surface area contributed by atoms with Gasteiger partial charge in [-0.3, -0.25) is 9.69 Å². The molecule has 1 aromatic carbocycles. The zero-order valence-electron chi connectivity index (χ0n) is 20.1. The maximum Gasteiger partial charge on any atom is 0.410 e. The molecule has 1 aliphatic rings. The van der Waals surface area contributed by atoms with Gasteiger partial charge in [-0.25, -0.2) is 13.2 Å². The molecule has 2 unspecified atom stereocenters. The van der Waals surface area contributed by atoms with Crippen LogP contribution in [0.1, 0.15) is 72.4 Å². The Labute approximate surface area is 192 Å². The molecule has 1 N–H and O–H groups in total. The maximum absolute atomic E-state index is 13.0. The van der Waals surface area contributed by atoms with Crippen LogP contribution < -0.4 is 5.32 Å². The quantitative estimate of drug-likeness (QED) is 0.660. The number of hydrogen-bond donors (Lipinski definition) is 1. The molecule has 180 valence electrons. The molecule has 0 spiro atoms. The molecule has 2 rings (SSSR count). The third-order valence-corrected chi connectivity index (χ3v) is 7.58. The minimum Gasteiger partial charge on any atom is -0.444 e. The molecule has 1 heterocycles. The highest BCUT2D eigenvalue weighted by atomic mass is 32.2. The average molecular weight is 468 g/mol. The Bertz CT molecular complexity index is 889. The fourth-order valence-corrected chi connectivity index (χ4v) is 5.24. The number of nitrogens with zero attached hydrogens (tertiary/aromatic N) is 2.